The molecule has 1 N–H and O–H groups in total. The highest BCUT2D eigenvalue weighted by molar-refractivity contribution is 8.02. The third-order valence-electron chi connectivity index (χ3n) is 9.97. The molecule has 3 amide bonds. The number of benzene rings is 3. The van der Waals surface area contributed by atoms with Crippen LogP contribution in [0.5, 0.6) is 5.75 Å². The standard InChI is InChI=1S/C38H41N3O5S/c1-2-46-30-18-16-28(17-19-30)39-22-9-13-31-32(35(39)43)33-36(44)41(21-7-3-4-8-24-42)34-37(45)40(23-10-20-38(33,34)47-31)29-15-14-26-11-5-6-12-27(26)25-29/h5-6,9-20,25,31-34,42H,2-4,7-8,21-24H2,1H3/t31-,32+,33-,34?,38-/m0/s1. The lowest BCUT2D eigenvalue weighted by atomic mass is 9.78. The molecule has 7 rings (SSSR count). The fraction of sp³-hybridized carbons (Fsp3) is 0.395. The highest BCUT2D eigenvalue weighted by Gasteiger charge is 2.71. The Balaban J connectivity index is 1.25. The number of hydrogen-bond donors (Lipinski definition) is 1. The summed E-state index contributed by atoms with van der Waals surface area (Å²) in [5, 5.41) is 11.2. The minimum absolute atomic E-state index is 0.0908. The number of carbonyl (C=O) groups excluding carboxylic acids is 3. The zero-order chi connectivity index (χ0) is 32.5. The second-order valence-electron chi connectivity index (χ2n) is 12.7. The van der Waals surface area contributed by atoms with Crippen LogP contribution in [-0.2, 0) is 14.4 Å². The Morgan fingerprint density at radius 1 is 0.830 bits per heavy atom. The summed E-state index contributed by atoms with van der Waals surface area (Å²) < 4.78 is 4.75. The summed E-state index contributed by atoms with van der Waals surface area (Å²) in [6.07, 6.45) is 11.3. The number of nitrogens with zero attached hydrogens (tertiary/aromatic N) is 3. The number of aliphatic hydroxyl groups excluding tert-OH is 1. The lowest BCUT2D eigenvalue weighted by Gasteiger charge is -2.35. The van der Waals surface area contributed by atoms with E-state index in [1.165, 1.54) is 0 Å². The van der Waals surface area contributed by atoms with Gasteiger partial charge >= 0.3 is 0 Å². The second-order valence-corrected chi connectivity index (χ2v) is 14.2. The van der Waals surface area contributed by atoms with Gasteiger partial charge in [-0.2, -0.15) is 0 Å². The molecule has 47 heavy (non-hydrogen) atoms. The fourth-order valence-electron chi connectivity index (χ4n) is 7.82. The van der Waals surface area contributed by atoms with Gasteiger partial charge < -0.3 is 24.5 Å². The van der Waals surface area contributed by atoms with E-state index >= 15 is 0 Å². The maximum absolute atomic E-state index is 14.8. The average molecular weight is 652 g/mol. The molecule has 1 unspecified atom stereocenters. The molecule has 244 valence electrons. The van der Waals surface area contributed by atoms with Crippen molar-refractivity contribution in [1.82, 2.24) is 4.90 Å². The van der Waals surface area contributed by atoms with Gasteiger partial charge in [0.2, 0.25) is 11.8 Å². The van der Waals surface area contributed by atoms with Crippen LogP contribution < -0.4 is 14.5 Å². The van der Waals surface area contributed by atoms with Gasteiger partial charge in [0.1, 0.15) is 11.8 Å². The largest absolute Gasteiger partial charge is 0.494 e. The summed E-state index contributed by atoms with van der Waals surface area (Å²) in [7, 11) is 0. The molecular weight excluding hydrogens is 611 g/mol. The first-order chi connectivity index (χ1) is 23.0. The summed E-state index contributed by atoms with van der Waals surface area (Å²) >= 11 is 1.61. The number of thioether (sulfide) groups is 1. The highest BCUT2D eigenvalue weighted by Crippen LogP contribution is 2.61. The van der Waals surface area contributed by atoms with Gasteiger partial charge in [-0.25, -0.2) is 0 Å². The molecule has 4 aliphatic heterocycles. The lowest BCUT2D eigenvalue weighted by Crippen LogP contribution is -2.53. The van der Waals surface area contributed by atoms with Crippen LogP contribution in [0.25, 0.3) is 10.8 Å². The highest BCUT2D eigenvalue weighted by atomic mass is 32.2. The van der Waals surface area contributed by atoms with Crippen LogP contribution >= 0.6 is 11.8 Å². The number of unbranched alkanes of at least 4 members (excludes halogenated alkanes) is 3. The molecule has 9 heteroatoms. The van der Waals surface area contributed by atoms with E-state index in [1.807, 2.05) is 79.7 Å². The van der Waals surface area contributed by atoms with Crippen molar-refractivity contribution in [2.24, 2.45) is 11.8 Å². The van der Waals surface area contributed by atoms with E-state index in [9.17, 15) is 19.5 Å². The van der Waals surface area contributed by atoms with Crippen molar-refractivity contribution < 1.29 is 24.2 Å². The molecule has 2 fully saturated rings. The maximum atomic E-state index is 14.8. The van der Waals surface area contributed by atoms with Gasteiger partial charge in [0.25, 0.3) is 5.91 Å². The monoisotopic (exact) mass is 651 g/mol. The predicted molar refractivity (Wildman–Crippen MR) is 187 cm³/mol. The van der Waals surface area contributed by atoms with Crippen LogP contribution in [0.2, 0.25) is 0 Å². The van der Waals surface area contributed by atoms with E-state index in [2.05, 4.69) is 18.2 Å². The van der Waals surface area contributed by atoms with Gasteiger partial charge in [-0.15, -0.1) is 11.8 Å². The van der Waals surface area contributed by atoms with Crippen molar-refractivity contribution in [2.45, 2.75) is 48.6 Å². The SMILES string of the molecule is CCOc1ccc(N2CC=C[C@@H]3S[C@]45C=CCN(c6ccc7ccccc7c6)C(=O)C4N(CCCCCCO)C(=O)[C@@H]5[C@@H]3C2=O)cc1. The Labute approximate surface area is 280 Å². The summed E-state index contributed by atoms with van der Waals surface area (Å²) in [6, 6.07) is 20.9. The first-order valence-electron chi connectivity index (χ1n) is 16.7. The van der Waals surface area contributed by atoms with Gasteiger partial charge in [0.15, 0.2) is 0 Å². The van der Waals surface area contributed by atoms with Crippen molar-refractivity contribution in [3.05, 3.63) is 91.0 Å². The molecule has 3 aromatic carbocycles. The van der Waals surface area contributed by atoms with E-state index in [0.717, 1.165) is 47.2 Å². The van der Waals surface area contributed by atoms with Crippen LogP contribution in [0, 0.1) is 11.8 Å². The molecule has 0 radical (unpaired) electrons. The molecule has 0 bridgehead atoms. The van der Waals surface area contributed by atoms with Crippen LogP contribution in [0.15, 0.2) is 91.0 Å². The van der Waals surface area contributed by atoms with Gasteiger partial charge in [0.05, 0.1) is 23.2 Å². The van der Waals surface area contributed by atoms with E-state index in [-0.39, 0.29) is 29.6 Å². The third-order valence-corrected chi connectivity index (χ3v) is 11.7. The van der Waals surface area contributed by atoms with Gasteiger partial charge in [0, 0.05) is 42.9 Å². The Hall–Kier alpha value is -4.08. The zero-order valence-electron chi connectivity index (χ0n) is 26.7. The number of hydrogen-bond acceptors (Lipinski definition) is 6. The Morgan fingerprint density at radius 3 is 2.34 bits per heavy atom. The molecule has 2 saturated heterocycles. The Bertz CT molecular complexity index is 1720. The zero-order valence-corrected chi connectivity index (χ0v) is 27.5. The fourth-order valence-corrected chi connectivity index (χ4v) is 9.83. The molecule has 8 nitrogen and oxygen atoms in total. The topological polar surface area (TPSA) is 90.4 Å². The number of ether oxygens (including phenoxy) is 1. The molecule has 4 heterocycles. The lowest BCUT2D eigenvalue weighted by molar-refractivity contribution is -0.138. The van der Waals surface area contributed by atoms with Gasteiger partial charge in [-0.05, 0) is 66.9 Å². The summed E-state index contributed by atoms with van der Waals surface area (Å²) in [5.74, 6) is -0.858. The van der Waals surface area contributed by atoms with E-state index in [1.54, 1.807) is 26.5 Å². The van der Waals surface area contributed by atoms with Crippen LogP contribution in [-0.4, -0.2) is 76.6 Å². The molecule has 1 spiro atoms. The number of amides is 3. The van der Waals surface area contributed by atoms with Crippen molar-refractivity contribution in [3.8, 4) is 5.75 Å². The number of likely N-dealkylation sites (tertiary alicyclic amines) is 1. The van der Waals surface area contributed by atoms with Crippen molar-refractivity contribution >= 4 is 51.6 Å². The van der Waals surface area contributed by atoms with Crippen LogP contribution in [0.4, 0.5) is 11.4 Å². The Kier molecular flexibility index (Phi) is 8.85. The predicted octanol–water partition coefficient (Wildman–Crippen LogP) is 5.59. The number of fused-ring (bicyclic) bond motifs is 3. The number of rotatable bonds is 10. The molecule has 0 aromatic heterocycles. The average Bonchev–Trinajstić information content (AvgIpc) is 3.39. The molecule has 0 saturated carbocycles. The van der Waals surface area contributed by atoms with Gasteiger partial charge in [-0.3, -0.25) is 14.4 Å². The Morgan fingerprint density at radius 2 is 1.55 bits per heavy atom. The minimum atomic E-state index is -0.873. The van der Waals surface area contributed by atoms with E-state index < -0.39 is 22.6 Å². The first-order valence-corrected chi connectivity index (χ1v) is 17.6. The quantitative estimate of drug-likeness (QED) is 0.227. The van der Waals surface area contributed by atoms with E-state index in [4.69, 9.17) is 4.74 Å². The summed E-state index contributed by atoms with van der Waals surface area (Å²) in [5.41, 5.74) is 1.55. The molecular formula is C38H41N3O5S. The molecule has 0 aliphatic carbocycles. The van der Waals surface area contributed by atoms with Crippen LogP contribution in [0.3, 0.4) is 0 Å². The summed E-state index contributed by atoms with van der Waals surface area (Å²) in [4.78, 5) is 49.4. The number of anilines is 2. The van der Waals surface area contributed by atoms with Crippen molar-refractivity contribution in [3.63, 3.8) is 0 Å². The molecule has 4 aliphatic rings. The normalized spacial score (nSPS) is 26.8. The van der Waals surface area contributed by atoms with Gasteiger partial charge in [-0.1, -0.05) is 67.5 Å². The number of carbonyl (C=O) groups is 3. The first kappa shape index (κ1) is 31.5. The van der Waals surface area contributed by atoms with E-state index in [0.29, 0.717) is 32.7 Å². The van der Waals surface area contributed by atoms with Crippen LogP contribution in [0.1, 0.15) is 32.6 Å². The van der Waals surface area contributed by atoms with Crippen molar-refractivity contribution in [2.75, 3.05) is 42.6 Å². The molecule has 5 atom stereocenters. The molecule has 3 aromatic rings. The number of aliphatic hydroxyl groups is 1. The third kappa shape index (κ3) is 5.53. The minimum Gasteiger partial charge on any atom is -0.494 e. The smallest absolute Gasteiger partial charge is 0.251 e. The second kappa shape index (κ2) is 13.2. The van der Waals surface area contributed by atoms with Crippen molar-refractivity contribution in [1.29, 1.82) is 0 Å². The summed E-state index contributed by atoms with van der Waals surface area (Å²) in [6.45, 7) is 3.86. The maximum Gasteiger partial charge on any atom is 0.251 e.